The zero-order chi connectivity index (χ0) is 6.91. The van der Waals surface area contributed by atoms with Gasteiger partial charge in [-0.1, -0.05) is 23.2 Å². The van der Waals surface area contributed by atoms with E-state index in [0.29, 0.717) is 5.03 Å². The largest absolute Gasteiger partial charge is 0.357 e. The molecule has 0 spiro atoms. The maximum atomic E-state index is 5.64. The monoisotopic (exact) mass is 164 g/mol. The average molecular weight is 165 g/mol. The Bertz CT molecular complexity index is 172. The number of dihydropyridines is 1. The lowest BCUT2D eigenvalue weighted by Crippen LogP contribution is -2.47. The highest BCUT2D eigenvalue weighted by atomic mass is 35.5. The summed E-state index contributed by atoms with van der Waals surface area (Å²) in [4.78, 5) is 0. The van der Waals surface area contributed by atoms with Crippen LogP contribution in [0.1, 0.15) is 0 Å². The van der Waals surface area contributed by atoms with Crippen LogP contribution in [0.15, 0.2) is 23.4 Å². The Labute approximate surface area is 63.3 Å². The molecule has 1 unspecified atom stereocenters. The van der Waals surface area contributed by atoms with Crippen LogP contribution in [0.5, 0.6) is 0 Å². The number of alkyl halides is 1. The van der Waals surface area contributed by atoms with Crippen molar-refractivity contribution in [1.82, 2.24) is 5.32 Å². The summed E-state index contributed by atoms with van der Waals surface area (Å²) in [5.41, 5.74) is 5.42. The first-order chi connectivity index (χ1) is 4.13. The van der Waals surface area contributed by atoms with Crippen LogP contribution in [0.25, 0.3) is 0 Å². The summed E-state index contributed by atoms with van der Waals surface area (Å²) >= 11 is 11.2. The van der Waals surface area contributed by atoms with Gasteiger partial charge in [-0.05, 0) is 18.4 Å². The molecule has 0 saturated carbocycles. The lowest BCUT2D eigenvalue weighted by atomic mass is 10.3. The van der Waals surface area contributed by atoms with Crippen molar-refractivity contribution in [3.63, 3.8) is 0 Å². The minimum atomic E-state index is -1.10. The molecule has 0 saturated heterocycles. The fourth-order valence-electron chi connectivity index (χ4n) is 0.492. The van der Waals surface area contributed by atoms with E-state index in [-0.39, 0.29) is 0 Å². The predicted octanol–water partition coefficient (Wildman–Crippen LogP) is 1.08. The Morgan fingerprint density at radius 3 is 2.67 bits per heavy atom. The van der Waals surface area contributed by atoms with E-state index in [1.165, 1.54) is 0 Å². The number of hydrogen-bond acceptors (Lipinski definition) is 2. The van der Waals surface area contributed by atoms with Crippen LogP contribution in [-0.2, 0) is 0 Å². The highest BCUT2D eigenvalue weighted by Gasteiger charge is 2.24. The summed E-state index contributed by atoms with van der Waals surface area (Å²) in [6, 6.07) is 0. The zero-order valence-electron chi connectivity index (χ0n) is 4.57. The van der Waals surface area contributed by atoms with E-state index in [0.717, 1.165) is 0 Å². The standard InChI is InChI=1S/C5H6Cl2N2/c6-4-2-1-3-9-5(4,7)8/h1-3,9H,8H2. The van der Waals surface area contributed by atoms with Gasteiger partial charge in [-0.2, -0.15) is 0 Å². The van der Waals surface area contributed by atoms with Gasteiger partial charge in [-0.15, -0.1) is 0 Å². The Morgan fingerprint density at radius 2 is 2.33 bits per heavy atom. The number of rotatable bonds is 0. The van der Waals surface area contributed by atoms with Gasteiger partial charge in [0.25, 0.3) is 0 Å². The Kier molecular flexibility index (Phi) is 1.70. The van der Waals surface area contributed by atoms with Crippen LogP contribution in [0.2, 0.25) is 0 Å². The third kappa shape index (κ3) is 1.39. The Morgan fingerprint density at radius 1 is 1.67 bits per heavy atom. The average Bonchev–Trinajstić information content (AvgIpc) is 1.77. The normalized spacial score (nSPS) is 33.4. The van der Waals surface area contributed by atoms with Crippen LogP contribution in [0.3, 0.4) is 0 Å². The van der Waals surface area contributed by atoms with Crippen LogP contribution in [0.4, 0.5) is 0 Å². The lowest BCUT2D eigenvalue weighted by molar-refractivity contribution is 0.641. The second-order valence-electron chi connectivity index (χ2n) is 1.73. The molecule has 1 rings (SSSR count). The molecule has 0 fully saturated rings. The van der Waals surface area contributed by atoms with Crippen molar-refractivity contribution >= 4 is 23.2 Å². The molecule has 0 aromatic carbocycles. The molecule has 9 heavy (non-hydrogen) atoms. The lowest BCUT2D eigenvalue weighted by Gasteiger charge is -2.23. The molecule has 4 heteroatoms. The highest BCUT2D eigenvalue weighted by molar-refractivity contribution is 6.39. The minimum absolute atomic E-state index is 0.395. The maximum absolute atomic E-state index is 5.64. The Balaban J connectivity index is 2.83. The van der Waals surface area contributed by atoms with Crippen LogP contribution in [0, 0.1) is 0 Å². The summed E-state index contributed by atoms with van der Waals surface area (Å²) in [6.07, 6.45) is 5.01. The van der Waals surface area contributed by atoms with Gasteiger partial charge in [-0.3, -0.25) is 5.73 Å². The topological polar surface area (TPSA) is 38.0 Å². The van der Waals surface area contributed by atoms with Gasteiger partial charge >= 0.3 is 0 Å². The molecule has 1 aliphatic heterocycles. The van der Waals surface area contributed by atoms with E-state index >= 15 is 0 Å². The number of nitrogens with two attached hydrogens (primary N) is 1. The first kappa shape index (κ1) is 6.93. The van der Waals surface area contributed by atoms with E-state index in [1.54, 1.807) is 18.4 Å². The summed E-state index contributed by atoms with van der Waals surface area (Å²) < 4.78 is 0. The summed E-state index contributed by atoms with van der Waals surface area (Å²) in [6.45, 7) is 0. The van der Waals surface area contributed by atoms with Gasteiger partial charge in [0, 0.05) is 0 Å². The van der Waals surface area contributed by atoms with E-state index in [9.17, 15) is 0 Å². The molecule has 0 aromatic rings. The van der Waals surface area contributed by atoms with Crippen molar-refractivity contribution in [3.05, 3.63) is 23.4 Å². The van der Waals surface area contributed by atoms with Gasteiger partial charge in [0.2, 0.25) is 5.12 Å². The second kappa shape index (κ2) is 2.21. The molecule has 50 valence electrons. The number of allylic oxidation sites excluding steroid dienone is 2. The van der Waals surface area contributed by atoms with Crippen molar-refractivity contribution in [2.24, 2.45) is 5.73 Å². The third-order valence-corrected chi connectivity index (χ3v) is 1.81. The highest BCUT2D eigenvalue weighted by Crippen LogP contribution is 2.21. The second-order valence-corrected chi connectivity index (χ2v) is 2.73. The summed E-state index contributed by atoms with van der Waals surface area (Å²) in [5.74, 6) is 0. The first-order valence-electron chi connectivity index (χ1n) is 2.41. The molecule has 3 N–H and O–H groups in total. The van der Waals surface area contributed by atoms with Crippen molar-refractivity contribution in [2.45, 2.75) is 5.12 Å². The van der Waals surface area contributed by atoms with Crippen molar-refractivity contribution in [1.29, 1.82) is 0 Å². The molecular formula is C5H6Cl2N2. The quantitative estimate of drug-likeness (QED) is 0.416. The SMILES string of the molecule is NC1(Cl)NC=CC=C1Cl. The van der Waals surface area contributed by atoms with Crippen molar-refractivity contribution in [3.8, 4) is 0 Å². The Hall–Kier alpha value is -0.180. The third-order valence-electron chi connectivity index (χ3n) is 0.980. The van der Waals surface area contributed by atoms with Crippen LogP contribution in [-0.4, -0.2) is 5.12 Å². The van der Waals surface area contributed by atoms with Gasteiger partial charge in [0.05, 0.1) is 5.03 Å². The van der Waals surface area contributed by atoms with E-state index in [2.05, 4.69) is 5.32 Å². The molecule has 0 aromatic heterocycles. The molecule has 1 heterocycles. The molecule has 0 bridgehead atoms. The predicted molar refractivity (Wildman–Crippen MR) is 39.0 cm³/mol. The van der Waals surface area contributed by atoms with Gasteiger partial charge in [0.15, 0.2) is 0 Å². The first-order valence-corrected chi connectivity index (χ1v) is 3.17. The molecule has 0 amide bonds. The van der Waals surface area contributed by atoms with Gasteiger partial charge < -0.3 is 5.32 Å². The fourth-order valence-corrected chi connectivity index (χ4v) is 0.745. The van der Waals surface area contributed by atoms with Crippen LogP contribution >= 0.6 is 23.2 Å². The molecule has 2 nitrogen and oxygen atoms in total. The molecule has 1 atom stereocenters. The number of nitrogens with one attached hydrogen (secondary N) is 1. The molecule has 0 radical (unpaired) electrons. The van der Waals surface area contributed by atoms with Crippen molar-refractivity contribution in [2.75, 3.05) is 0 Å². The summed E-state index contributed by atoms with van der Waals surface area (Å²) in [7, 11) is 0. The zero-order valence-corrected chi connectivity index (χ0v) is 6.08. The summed E-state index contributed by atoms with van der Waals surface area (Å²) in [5, 5.41) is 1.96. The fraction of sp³-hybridized carbons (Fsp3) is 0.200. The minimum Gasteiger partial charge on any atom is -0.357 e. The van der Waals surface area contributed by atoms with Crippen LogP contribution < -0.4 is 11.1 Å². The number of halogens is 2. The van der Waals surface area contributed by atoms with E-state index in [1.807, 2.05) is 0 Å². The van der Waals surface area contributed by atoms with E-state index < -0.39 is 5.12 Å². The van der Waals surface area contributed by atoms with Gasteiger partial charge in [0.1, 0.15) is 0 Å². The molecule has 1 aliphatic rings. The maximum Gasteiger partial charge on any atom is 0.200 e. The van der Waals surface area contributed by atoms with E-state index in [4.69, 9.17) is 28.9 Å². The van der Waals surface area contributed by atoms with Crippen molar-refractivity contribution < 1.29 is 0 Å². The van der Waals surface area contributed by atoms with Gasteiger partial charge in [-0.25, -0.2) is 0 Å². The molecule has 0 aliphatic carbocycles. The number of hydrogen-bond donors (Lipinski definition) is 2. The smallest absolute Gasteiger partial charge is 0.200 e. The molecular weight excluding hydrogens is 159 g/mol.